The first-order valence-electron chi connectivity index (χ1n) is 5.00. The van der Waals surface area contributed by atoms with Crippen LogP contribution in [0.3, 0.4) is 0 Å². The van der Waals surface area contributed by atoms with Crippen LogP contribution in [-0.4, -0.2) is 4.98 Å². The van der Waals surface area contributed by atoms with E-state index in [0.29, 0.717) is 17.0 Å². The maximum Gasteiger partial charge on any atom is 0.216 e. The first kappa shape index (κ1) is 9.90. The van der Waals surface area contributed by atoms with Crippen LogP contribution in [0.15, 0.2) is 34.9 Å². The highest BCUT2D eigenvalue weighted by Crippen LogP contribution is 2.19. The highest BCUT2D eigenvalue weighted by atomic mass is 19.1. The van der Waals surface area contributed by atoms with Crippen LogP contribution in [0.1, 0.15) is 18.9 Å². The molecule has 3 heteroatoms. The van der Waals surface area contributed by atoms with Crippen molar-refractivity contribution in [1.29, 1.82) is 0 Å². The molecule has 0 amide bonds. The highest BCUT2D eigenvalue weighted by Gasteiger charge is 2.07. The minimum Gasteiger partial charge on any atom is -0.463 e. The SMILES string of the molecule is CCCc1ccc(-c2ccco2)nc1F. The third-order valence-corrected chi connectivity index (χ3v) is 2.22. The summed E-state index contributed by atoms with van der Waals surface area (Å²) in [6.45, 7) is 2.01. The zero-order chi connectivity index (χ0) is 10.7. The average molecular weight is 205 g/mol. The largest absolute Gasteiger partial charge is 0.463 e. The molecule has 0 fully saturated rings. The van der Waals surface area contributed by atoms with Gasteiger partial charge in [0.1, 0.15) is 5.69 Å². The molecule has 0 aromatic carbocycles. The fourth-order valence-corrected chi connectivity index (χ4v) is 1.48. The molecule has 2 aromatic heterocycles. The second-order valence-electron chi connectivity index (χ2n) is 3.37. The van der Waals surface area contributed by atoms with E-state index in [1.54, 1.807) is 30.5 Å². The van der Waals surface area contributed by atoms with E-state index in [1.165, 1.54) is 0 Å². The zero-order valence-corrected chi connectivity index (χ0v) is 8.53. The van der Waals surface area contributed by atoms with Gasteiger partial charge in [-0.15, -0.1) is 0 Å². The molecule has 0 saturated carbocycles. The second-order valence-corrected chi connectivity index (χ2v) is 3.37. The molecule has 0 unspecified atom stereocenters. The number of rotatable bonds is 3. The van der Waals surface area contributed by atoms with Crippen LogP contribution in [-0.2, 0) is 6.42 Å². The summed E-state index contributed by atoms with van der Waals surface area (Å²) < 4.78 is 18.6. The Morgan fingerprint density at radius 2 is 2.20 bits per heavy atom. The molecule has 0 atom stereocenters. The average Bonchev–Trinajstić information content (AvgIpc) is 2.74. The number of aromatic nitrogens is 1. The predicted molar refractivity (Wildman–Crippen MR) is 55.9 cm³/mol. The van der Waals surface area contributed by atoms with Gasteiger partial charge in [0.2, 0.25) is 5.95 Å². The van der Waals surface area contributed by atoms with Gasteiger partial charge in [-0.25, -0.2) is 4.98 Å². The predicted octanol–water partition coefficient (Wildman–Crippen LogP) is 3.43. The molecule has 2 aromatic rings. The van der Waals surface area contributed by atoms with Crippen LogP contribution >= 0.6 is 0 Å². The van der Waals surface area contributed by atoms with E-state index in [2.05, 4.69) is 4.98 Å². The van der Waals surface area contributed by atoms with E-state index in [9.17, 15) is 4.39 Å². The number of pyridine rings is 1. The van der Waals surface area contributed by atoms with Gasteiger partial charge in [0.05, 0.1) is 6.26 Å². The van der Waals surface area contributed by atoms with E-state index >= 15 is 0 Å². The van der Waals surface area contributed by atoms with Crippen LogP contribution in [0, 0.1) is 5.95 Å². The van der Waals surface area contributed by atoms with Gasteiger partial charge in [-0.3, -0.25) is 0 Å². The molecule has 2 nitrogen and oxygen atoms in total. The molecule has 0 bridgehead atoms. The Balaban J connectivity index is 2.33. The van der Waals surface area contributed by atoms with Crippen LogP contribution in [0.25, 0.3) is 11.5 Å². The third kappa shape index (κ3) is 2.06. The molecule has 0 N–H and O–H groups in total. The smallest absolute Gasteiger partial charge is 0.216 e. The van der Waals surface area contributed by atoms with E-state index in [0.717, 1.165) is 12.8 Å². The quantitative estimate of drug-likeness (QED) is 0.717. The Morgan fingerprint density at radius 1 is 1.33 bits per heavy atom. The molecule has 2 heterocycles. The lowest BCUT2D eigenvalue weighted by Gasteiger charge is -2.01. The monoisotopic (exact) mass is 205 g/mol. The van der Waals surface area contributed by atoms with Crippen molar-refractivity contribution in [3.8, 4) is 11.5 Å². The number of aryl methyl sites for hydroxylation is 1. The van der Waals surface area contributed by atoms with E-state index < -0.39 is 5.95 Å². The normalized spacial score (nSPS) is 10.5. The summed E-state index contributed by atoms with van der Waals surface area (Å²) in [5.41, 5.74) is 1.20. The number of furan rings is 1. The van der Waals surface area contributed by atoms with Gasteiger partial charge < -0.3 is 4.42 Å². The highest BCUT2D eigenvalue weighted by molar-refractivity contribution is 5.51. The molecule has 0 aliphatic heterocycles. The van der Waals surface area contributed by atoms with Gasteiger partial charge in [-0.2, -0.15) is 4.39 Å². The zero-order valence-electron chi connectivity index (χ0n) is 8.53. The Labute approximate surface area is 87.8 Å². The second kappa shape index (κ2) is 4.26. The standard InChI is InChI=1S/C12H12FNO/c1-2-4-9-6-7-10(14-12(9)13)11-5-3-8-15-11/h3,5-8H,2,4H2,1H3. The molecule has 0 aliphatic carbocycles. The summed E-state index contributed by atoms with van der Waals surface area (Å²) in [5, 5.41) is 0. The summed E-state index contributed by atoms with van der Waals surface area (Å²) in [6.07, 6.45) is 3.19. The maximum absolute atomic E-state index is 13.5. The third-order valence-electron chi connectivity index (χ3n) is 2.22. The molecule has 15 heavy (non-hydrogen) atoms. The van der Waals surface area contributed by atoms with Gasteiger partial charge >= 0.3 is 0 Å². The first-order valence-corrected chi connectivity index (χ1v) is 5.00. The van der Waals surface area contributed by atoms with E-state index in [1.807, 2.05) is 6.92 Å². The Bertz CT molecular complexity index is 437. The molecule has 0 saturated heterocycles. The molecular formula is C12H12FNO. The van der Waals surface area contributed by atoms with Crippen molar-refractivity contribution in [3.63, 3.8) is 0 Å². The summed E-state index contributed by atoms with van der Waals surface area (Å²) in [4.78, 5) is 3.87. The van der Waals surface area contributed by atoms with Crippen molar-refractivity contribution in [2.75, 3.05) is 0 Å². The molecule has 78 valence electrons. The minimum atomic E-state index is -0.397. The number of nitrogens with zero attached hydrogens (tertiary/aromatic N) is 1. The van der Waals surface area contributed by atoms with E-state index in [4.69, 9.17) is 4.42 Å². The van der Waals surface area contributed by atoms with Crippen molar-refractivity contribution in [2.45, 2.75) is 19.8 Å². The lowest BCUT2D eigenvalue weighted by atomic mass is 10.1. The van der Waals surface area contributed by atoms with Gasteiger partial charge in [-0.1, -0.05) is 19.4 Å². The van der Waals surface area contributed by atoms with Crippen molar-refractivity contribution < 1.29 is 8.81 Å². The fourth-order valence-electron chi connectivity index (χ4n) is 1.48. The molecule has 0 radical (unpaired) electrons. The number of hydrogen-bond donors (Lipinski definition) is 0. The van der Waals surface area contributed by atoms with Crippen molar-refractivity contribution in [1.82, 2.24) is 4.98 Å². The maximum atomic E-state index is 13.5. The van der Waals surface area contributed by atoms with Gasteiger partial charge in [-0.05, 0) is 24.6 Å². The van der Waals surface area contributed by atoms with Crippen LogP contribution in [0.2, 0.25) is 0 Å². The summed E-state index contributed by atoms with van der Waals surface area (Å²) in [7, 11) is 0. The lowest BCUT2D eigenvalue weighted by molar-refractivity contribution is 0.553. The van der Waals surface area contributed by atoms with Crippen LogP contribution < -0.4 is 0 Å². The first-order chi connectivity index (χ1) is 7.31. The van der Waals surface area contributed by atoms with Gasteiger partial charge in [0, 0.05) is 5.56 Å². The van der Waals surface area contributed by atoms with Crippen LogP contribution in [0.5, 0.6) is 0 Å². The molecule has 2 rings (SSSR count). The van der Waals surface area contributed by atoms with Crippen LogP contribution in [0.4, 0.5) is 4.39 Å². The van der Waals surface area contributed by atoms with Gasteiger partial charge in [0.15, 0.2) is 5.76 Å². The number of halogens is 1. The Kier molecular flexibility index (Phi) is 2.81. The van der Waals surface area contributed by atoms with Gasteiger partial charge in [0.25, 0.3) is 0 Å². The fraction of sp³-hybridized carbons (Fsp3) is 0.250. The lowest BCUT2D eigenvalue weighted by Crippen LogP contribution is -1.94. The van der Waals surface area contributed by atoms with Crippen molar-refractivity contribution in [2.24, 2.45) is 0 Å². The van der Waals surface area contributed by atoms with E-state index in [-0.39, 0.29) is 0 Å². The Morgan fingerprint density at radius 3 is 2.80 bits per heavy atom. The summed E-state index contributed by atoms with van der Waals surface area (Å²) in [5.74, 6) is 0.197. The topological polar surface area (TPSA) is 26.0 Å². The minimum absolute atomic E-state index is 0.397. The van der Waals surface area contributed by atoms with Crippen molar-refractivity contribution in [3.05, 3.63) is 42.0 Å². The van der Waals surface area contributed by atoms with Crippen molar-refractivity contribution >= 4 is 0 Å². The summed E-state index contributed by atoms with van der Waals surface area (Å²) >= 11 is 0. The molecule has 0 spiro atoms. The number of hydrogen-bond acceptors (Lipinski definition) is 2. The Hall–Kier alpha value is -1.64. The summed E-state index contributed by atoms with van der Waals surface area (Å²) in [6, 6.07) is 7.08. The molecule has 0 aliphatic rings. The molecular weight excluding hydrogens is 193 g/mol.